The van der Waals surface area contributed by atoms with E-state index in [1.165, 1.54) is 36.4 Å². The standard InChI is InChI=1S/C26H31NO8S3/c1-5-26(27-36(28,29)23-12-6-20(2)7-13-23,18-34-37(30,31)24-14-8-21(3)9-15-24)19-35-38(32,33)25-16-10-22(4)11-17-25/h6-17,27H,5,18-19H2,1-4H3. The molecule has 3 rings (SSSR count). The molecule has 3 aromatic carbocycles. The molecule has 0 aromatic heterocycles. The lowest BCUT2D eigenvalue weighted by atomic mass is 10.0. The molecule has 0 spiro atoms. The lowest BCUT2D eigenvalue weighted by Crippen LogP contribution is -2.55. The summed E-state index contributed by atoms with van der Waals surface area (Å²) in [6.07, 6.45) is -0.0507. The van der Waals surface area contributed by atoms with E-state index in [4.69, 9.17) is 8.37 Å². The molecule has 0 fully saturated rings. The van der Waals surface area contributed by atoms with E-state index in [1.807, 2.05) is 0 Å². The molecule has 0 saturated carbocycles. The maximum Gasteiger partial charge on any atom is 0.297 e. The van der Waals surface area contributed by atoms with Crippen molar-refractivity contribution in [3.8, 4) is 0 Å². The van der Waals surface area contributed by atoms with Crippen LogP contribution in [0.5, 0.6) is 0 Å². The second-order valence-corrected chi connectivity index (χ2v) is 14.0. The van der Waals surface area contributed by atoms with Crippen LogP contribution >= 0.6 is 0 Å². The largest absolute Gasteiger partial charge is 0.297 e. The van der Waals surface area contributed by atoms with Crippen molar-refractivity contribution in [2.24, 2.45) is 0 Å². The predicted molar refractivity (Wildman–Crippen MR) is 143 cm³/mol. The maximum absolute atomic E-state index is 13.3. The van der Waals surface area contributed by atoms with Crippen LogP contribution < -0.4 is 4.72 Å². The molecule has 1 N–H and O–H groups in total. The fraction of sp³-hybridized carbons (Fsp3) is 0.308. The second kappa shape index (κ2) is 11.6. The van der Waals surface area contributed by atoms with Crippen molar-refractivity contribution in [1.29, 1.82) is 0 Å². The Morgan fingerprint density at radius 3 is 1.21 bits per heavy atom. The van der Waals surface area contributed by atoms with Gasteiger partial charge in [0.1, 0.15) is 0 Å². The molecule has 0 unspecified atom stereocenters. The third-order valence-corrected chi connectivity index (χ3v) is 10.1. The van der Waals surface area contributed by atoms with Crippen LogP contribution in [0.25, 0.3) is 0 Å². The van der Waals surface area contributed by atoms with Crippen molar-refractivity contribution in [1.82, 2.24) is 4.72 Å². The van der Waals surface area contributed by atoms with Gasteiger partial charge in [-0.15, -0.1) is 0 Å². The Labute approximate surface area is 225 Å². The fourth-order valence-electron chi connectivity index (χ4n) is 3.36. The monoisotopic (exact) mass is 581 g/mol. The third kappa shape index (κ3) is 7.49. The number of hydrogen-bond acceptors (Lipinski definition) is 8. The van der Waals surface area contributed by atoms with Crippen LogP contribution in [0.1, 0.15) is 30.0 Å². The van der Waals surface area contributed by atoms with Gasteiger partial charge in [-0.25, -0.2) is 13.1 Å². The Balaban J connectivity index is 1.94. The molecule has 0 aliphatic heterocycles. The molecular weight excluding hydrogens is 550 g/mol. The van der Waals surface area contributed by atoms with Gasteiger partial charge in [0, 0.05) is 0 Å². The van der Waals surface area contributed by atoms with Crippen LogP contribution in [-0.2, 0) is 38.6 Å². The quantitative estimate of drug-likeness (QED) is 0.319. The molecular formula is C26H31NO8S3. The highest BCUT2D eigenvalue weighted by Gasteiger charge is 2.38. The first-order chi connectivity index (χ1) is 17.7. The lowest BCUT2D eigenvalue weighted by Gasteiger charge is -2.32. The molecule has 0 bridgehead atoms. The molecule has 38 heavy (non-hydrogen) atoms. The van der Waals surface area contributed by atoms with E-state index in [2.05, 4.69) is 4.72 Å². The zero-order valence-corrected chi connectivity index (χ0v) is 24.0. The summed E-state index contributed by atoms with van der Waals surface area (Å²) in [5.74, 6) is 0. The van der Waals surface area contributed by atoms with E-state index in [0.717, 1.165) is 16.7 Å². The summed E-state index contributed by atoms with van der Waals surface area (Å²) in [5, 5.41) is 0. The Morgan fingerprint density at radius 2 is 0.895 bits per heavy atom. The molecule has 0 heterocycles. The van der Waals surface area contributed by atoms with Crippen molar-refractivity contribution >= 4 is 30.3 Å². The summed E-state index contributed by atoms with van der Waals surface area (Å²) < 4.78 is 91.0. The minimum atomic E-state index is -4.30. The summed E-state index contributed by atoms with van der Waals surface area (Å²) in [6, 6.07) is 17.9. The van der Waals surface area contributed by atoms with Crippen molar-refractivity contribution in [2.45, 2.75) is 54.3 Å². The van der Waals surface area contributed by atoms with Gasteiger partial charge in [-0.3, -0.25) is 8.37 Å². The van der Waals surface area contributed by atoms with Crippen LogP contribution in [0.3, 0.4) is 0 Å². The Kier molecular flexibility index (Phi) is 9.17. The summed E-state index contributed by atoms with van der Waals surface area (Å²) in [6.45, 7) is 5.54. The molecule has 0 saturated heterocycles. The van der Waals surface area contributed by atoms with Gasteiger partial charge in [0.05, 0.1) is 33.4 Å². The average Bonchev–Trinajstić information content (AvgIpc) is 2.86. The normalized spacial score (nSPS) is 12.9. The van der Waals surface area contributed by atoms with Gasteiger partial charge in [0.15, 0.2) is 0 Å². The molecule has 12 heteroatoms. The summed E-state index contributed by atoms with van der Waals surface area (Å²) in [4.78, 5) is -0.325. The van der Waals surface area contributed by atoms with Gasteiger partial charge in [-0.1, -0.05) is 60.0 Å². The first kappa shape index (κ1) is 29.9. The number of sulfonamides is 1. The molecule has 0 atom stereocenters. The molecule has 0 radical (unpaired) electrons. The predicted octanol–water partition coefficient (Wildman–Crippen LogP) is 3.85. The molecule has 0 amide bonds. The molecule has 3 aromatic rings. The van der Waals surface area contributed by atoms with E-state index in [-0.39, 0.29) is 21.1 Å². The summed E-state index contributed by atoms with van der Waals surface area (Å²) in [7, 11) is -12.8. The second-order valence-electron chi connectivity index (χ2n) is 9.11. The van der Waals surface area contributed by atoms with Crippen molar-refractivity contribution < 1.29 is 33.6 Å². The minimum Gasteiger partial charge on any atom is -0.264 e. The van der Waals surface area contributed by atoms with Crippen LogP contribution in [0.15, 0.2) is 87.5 Å². The number of aryl methyl sites for hydroxylation is 3. The minimum absolute atomic E-state index is 0.0507. The van der Waals surface area contributed by atoms with Crippen LogP contribution in [-0.4, -0.2) is 44.0 Å². The SMILES string of the molecule is CCC(COS(=O)(=O)c1ccc(C)cc1)(COS(=O)(=O)c1ccc(C)cc1)NS(=O)(=O)c1ccc(C)cc1. The third-order valence-electron chi connectivity index (χ3n) is 5.96. The van der Waals surface area contributed by atoms with Crippen LogP contribution in [0.4, 0.5) is 0 Å². The van der Waals surface area contributed by atoms with Gasteiger partial charge in [0.2, 0.25) is 10.0 Å². The van der Waals surface area contributed by atoms with Gasteiger partial charge in [0.25, 0.3) is 20.2 Å². The van der Waals surface area contributed by atoms with E-state index in [9.17, 15) is 25.3 Å². The van der Waals surface area contributed by atoms with E-state index >= 15 is 0 Å². The average molecular weight is 582 g/mol. The topological polar surface area (TPSA) is 133 Å². The first-order valence-corrected chi connectivity index (χ1v) is 16.0. The van der Waals surface area contributed by atoms with E-state index < -0.39 is 49.0 Å². The van der Waals surface area contributed by atoms with Gasteiger partial charge >= 0.3 is 0 Å². The summed E-state index contributed by atoms with van der Waals surface area (Å²) in [5.41, 5.74) is 0.768. The Hall–Kier alpha value is -2.61. The van der Waals surface area contributed by atoms with Crippen LogP contribution in [0.2, 0.25) is 0 Å². The maximum atomic E-state index is 13.3. The Bertz CT molecular complexity index is 1480. The zero-order chi connectivity index (χ0) is 28.2. The van der Waals surface area contributed by atoms with Gasteiger partial charge in [-0.05, 0) is 63.6 Å². The molecule has 9 nitrogen and oxygen atoms in total. The van der Waals surface area contributed by atoms with E-state index in [1.54, 1.807) is 64.1 Å². The molecule has 0 aliphatic carbocycles. The fourth-order valence-corrected chi connectivity index (χ4v) is 6.78. The smallest absolute Gasteiger partial charge is 0.264 e. The lowest BCUT2D eigenvalue weighted by molar-refractivity contribution is 0.136. The number of benzene rings is 3. The number of nitrogens with one attached hydrogen (secondary N) is 1. The van der Waals surface area contributed by atoms with Gasteiger partial charge in [-0.2, -0.15) is 16.8 Å². The number of hydrogen-bond donors (Lipinski definition) is 1. The highest BCUT2D eigenvalue weighted by Crippen LogP contribution is 2.24. The van der Waals surface area contributed by atoms with E-state index in [0.29, 0.717) is 0 Å². The zero-order valence-electron chi connectivity index (χ0n) is 21.5. The van der Waals surface area contributed by atoms with Crippen molar-refractivity contribution in [3.63, 3.8) is 0 Å². The molecule has 0 aliphatic rings. The van der Waals surface area contributed by atoms with Crippen molar-refractivity contribution in [3.05, 3.63) is 89.5 Å². The van der Waals surface area contributed by atoms with Gasteiger partial charge < -0.3 is 0 Å². The Morgan fingerprint density at radius 1 is 0.579 bits per heavy atom. The van der Waals surface area contributed by atoms with Crippen LogP contribution in [0, 0.1) is 20.8 Å². The highest BCUT2D eigenvalue weighted by molar-refractivity contribution is 7.89. The number of rotatable bonds is 12. The highest BCUT2D eigenvalue weighted by atomic mass is 32.2. The summed E-state index contributed by atoms with van der Waals surface area (Å²) >= 11 is 0. The van der Waals surface area contributed by atoms with Crippen molar-refractivity contribution in [2.75, 3.05) is 13.2 Å². The molecule has 206 valence electrons. The first-order valence-electron chi connectivity index (χ1n) is 11.7.